The van der Waals surface area contributed by atoms with E-state index in [4.69, 9.17) is 9.05 Å². The Labute approximate surface area is 141 Å². The summed E-state index contributed by atoms with van der Waals surface area (Å²) in [4.78, 5) is 4.30. The monoisotopic (exact) mass is 339 g/mol. The van der Waals surface area contributed by atoms with Crippen LogP contribution in [0.15, 0.2) is 85.1 Å². The van der Waals surface area contributed by atoms with Gasteiger partial charge in [0, 0.05) is 6.20 Å². The molecule has 1 heterocycles. The number of hydrogen-bond donors (Lipinski definition) is 0. The van der Waals surface area contributed by atoms with Gasteiger partial charge in [-0.2, -0.15) is 0 Å². The second-order valence-electron chi connectivity index (χ2n) is 5.28. The summed E-state index contributed by atoms with van der Waals surface area (Å²) < 4.78 is 25.2. The Morgan fingerprint density at radius 2 is 1.29 bits per heavy atom. The van der Waals surface area contributed by atoms with Crippen LogP contribution in [0.3, 0.4) is 0 Å². The van der Waals surface area contributed by atoms with E-state index >= 15 is 0 Å². The largest absolute Gasteiger partial charge is 0.439 e. The van der Waals surface area contributed by atoms with E-state index in [0.717, 1.165) is 0 Å². The molecular formula is C19H18NO3P. The van der Waals surface area contributed by atoms with Crippen molar-refractivity contribution in [1.82, 2.24) is 4.98 Å². The molecule has 0 amide bonds. The molecule has 0 fully saturated rings. The lowest BCUT2D eigenvalue weighted by atomic mass is 10.3. The number of hydrogen-bond acceptors (Lipinski definition) is 4. The van der Waals surface area contributed by atoms with Crippen molar-refractivity contribution >= 4 is 7.60 Å². The molecule has 3 rings (SSSR count). The lowest BCUT2D eigenvalue weighted by Crippen LogP contribution is -2.09. The minimum Gasteiger partial charge on any atom is -0.416 e. The fraction of sp³-hybridized carbons (Fsp3) is 0.105. The molecule has 0 saturated heterocycles. The van der Waals surface area contributed by atoms with Gasteiger partial charge in [0.05, 0.1) is 5.69 Å². The molecule has 4 nitrogen and oxygen atoms in total. The SMILES string of the molecule is CC(c1ccccn1)P(=O)(Oc1ccccc1)Oc1ccccc1. The maximum atomic E-state index is 13.6. The Morgan fingerprint density at radius 1 is 0.792 bits per heavy atom. The van der Waals surface area contributed by atoms with Crippen molar-refractivity contribution in [2.24, 2.45) is 0 Å². The van der Waals surface area contributed by atoms with Gasteiger partial charge in [0.25, 0.3) is 0 Å². The van der Waals surface area contributed by atoms with Crippen LogP contribution in [0.4, 0.5) is 0 Å². The standard InChI is InChI=1S/C19H18NO3P/c1-16(19-14-8-9-15-20-19)24(21,22-17-10-4-2-5-11-17)23-18-12-6-3-7-13-18/h2-16H,1H3. The first kappa shape index (κ1) is 16.3. The molecule has 0 aliphatic carbocycles. The summed E-state index contributed by atoms with van der Waals surface area (Å²) in [6, 6.07) is 23.6. The molecule has 5 heteroatoms. The Hall–Kier alpha value is -2.58. The molecule has 24 heavy (non-hydrogen) atoms. The first-order valence-electron chi connectivity index (χ1n) is 7.67. The van der Waals surface area contributed by atoms with Crippen LogP contribution in [0, 0.1) is 0 Å². The van der Waals surface area contributed by atoms with Crippen molar-refractivity contribution in [2.45, 2.75) is 12.6 Å². The van der Waals surface area contributed by atoms with E-state index in [1.807, 2.05) is 54.6 Å². The van der Waals surface area contributed by atoms with Crippen LogP contribution < -0.4 is 9.05 Å². The van der Waals surface area contributed by atoms with E-state index < -0.39 is 13.3 Å². The molecule has 1 unspecified atom stereocenters. The lowest BCUT2D eigenvalue weighted by Gasteiger charge is -2.24. The highest BCUT2D eigenvalue weighted by atomic mass is 31.2. The molecular weight excluding hydrogens is 321 g/mol. The molecule has 0 spiro atoms. The quantitative estimate of drug-likeness (QED) is 0.557. The molecule has 3 aromatic rings. The van der Waals surface area contributed by atoms with Gasteiger partial charge in [-0.05, 0) is 43.3 Å². The zero-order chi connectivity index (χ0) is 16.8. The third-order valence-electron chi connectivity index (χ3n) is 3.54. The van der Waals surface area contributed by atoms with Crippen molar-refractivity contribution in [3.05, 3.63) is 90.8 Å². The van der Waals surface area contributed by atoms with E-state index in [1.54, 1.807) is 37.4 Å². The number of pyridine rings is 1. The lowest BCUT2D eigenvalue weighted by molar-refractivity contribution is 0.374. The zero-order valence-corrected chi connectivity index (χ0v) is 14.2. The molecule has 122 valence electrons. The van der Waals surface area contributed by atoms with E-state index in [1.165, 1.54) is 0 Å². The fourth-order valence-electron chi connectivity index (χ4n) is 2.22. The summed E-state index contributed by atoms with van der Waals surface area (Å²) in [5, 5.41) is 0. The molecule has 0 N–H and O–H groups in total. The van der Waals surface area contributed by atoms with Crippen LogP contribution in [-0.2, 0) is 4.57 Å². The number of nitrogens with zero attached hydrogens (tertiary/aromatic N) is 1. The highest BCUT2D eigenvalue weighted by molar-refractivity contribution is 7.55. The molecule has 1 aromatic heterocycles. The van der Waals surface area contributed by atoms with Gasteiger partial charge in [0.15, 0.2) is 0 Å². The van der Waals surface area contributed by atoms with Gasteiger partial charge in [-0.3, -0.25) is 4.98 Å². The van der Waals surface area contributed by atoms with Gasteiger partial charge in [-0.25, -0.2) is 4.57 Å². The predicted molar refractivity (Wildman–Crippen MR) is 94.4 cm³/mol. The van der Waals surface area contributed by atoms with Crippen molar-refractivity contribution < 1.29 is 13.6 Å². The molecule has 0 bridgehead atoms. The maximum absolute atomic E-state index is 13.6. The molecule has 2 aromatic carbocycles. The van der Waals surface area contributed by atoms with Gasteiger partial charge < -0.3 is 9.05 Å². The number of benzene rings is 2. The van der Waals surface area contributed by atoms with Gasteiger partial charge in [-0.15, -0.1) is 0 Å². The Morgan fingerprint density at radius 3 is 1.75 bits per heavy atom. The van der Waals surface area contributed by atoms with Gasteiger partial charge in [0.2, 0.25) is 0 Å². The average Bonchev–Trinajstić information content (AvgIpc) is 2.63. The minimum absolute atomic E-state index is 0.500. The van der Waals surface area contributed by atoms with Gasteiger partial charge in [-0.1, -0.05) is 42.5 Å². The normalized spacial score (nSPS) is 12.4. The second kappa shape index (κ2) is 7.33. The fourth-order valence-corrected chi connectivity index (χ4v) is 3.88. The summed E-state index contributed by atoms with van der Waals surface area (Å²) in [5.41, 5.74) is 0.145. The molecule has 0 saturated carbocycles. The number of aromatic nitrogens is 1. The molecule has 0 aliphatic rings. The highest BCUT2D eigenvalue weighted by Crippen LogP contribution is 2.59. The van der Waals surface area contributed by atoms with E-state index in [9.17, 15) is 4.57 Å². The van der Waals surface area contributed by atoms with Crippen molar-refractivity contribution in [3.63, 3.8) is 0 Å². The van der Waals surface area contributed by atoms with Crippen LogP contribution in [0.2, 0.25) is 0 Å². The van der Waals surface area contributed by atoms with Crippen molar-refractivity contribution in [2.75, 3.05) is 0 Å². The summed E-state index contributed by atoms with van der Waals surface area (Å²) >= 11 is 0. The van der Waals surface area contributed by atoms with Crippen LogP contribution >= 0.6 is 7.60 Å². The number of para-hydroxylation sites is 2. The molecule has 0 aliphatic heterocycles. The Balaban J connectivity index is 1.95. The number of rotatable bonds is 6. The van der Waals surface area contributed by atoms with Crippen molar-refractivity contribution in [3.8, 4) is 11.5 Å². The first-order valence-corrected chi connectivity index (χ1v) is 9.28. The summed E-state index contributed by atoms with van der Waals surface area (Å²) in [7, 11) is -3.54. The summed E-state index contributed by atoms with van der Waals surface area (Å²) in [5.74, 6) is 0.999. The maximum Gasteiger partial charge on any atom is 0.439 e. The third-order valence-corrected chi connectivity index (χ3v) is 5.69. The zero-order valence-electron chi connectivity index (χ0n) is 13.3. The predicted octanol–water partition coefficient (Wildman–Crippen LogP) is 5.49. The van der Waals surface area contributed by atoms with Crippen LogP contribution in [0.1, 0.15) is 18.3 Å². The van der Waals surface area contributed by atoms with Crippen LogP contribution in [0.5, 0.6) is 11.5 Å². The van der Waals surface area contributed by atoms with Gasteiger partial charge in [0.1, 0.15) is 17.2 Å². The van der Waals surface area contributed by atoms with Crippen molar-refractivity contribution in [1.29, 1.82) is 0 Å². The molecule has 1 atom stereocenters. The first-order chi connectivity index (χ1) is 11.7. The second-order valence-corrected chi connectivity index (χ2v) is 7.50. The van der Waals surface area contributed by atoms with E-state index in [-0.39, 0.29) is 0 Å². The van der Waals surface area contributed by atoms with Crippen LogP contribution in [0.25, 0.3) is 0 Å². The van der Waals surface area contributed by atoms with Crippen LogP contribution in [-0.4, -0.2) is 4.98 Å². The third kappa shape index (κ3) is 3.84. The highest BCUT2D eigenvalue weighted by Gasteiger charge is 2.38. The Kier molecular flexibility index (Phi) is 4.97. The topological polar surface area (TPSA) is 48.4 Å². The molecule has 0 radical (unpaired) electrons. The smallest absolute Gasteiger partial charge is 0.416 e. The van der Waals surface area contributed by atoms with Gasteiger partial charge >= 0.3 is 7.60 Å². The van der Waals surface area contributed by atoms with E-state index in [2.05, 4.69) is 4.98 Å². The average molecular weight is 339 g/mol. The Bertz CT molecular complexity index is 764. The van der Waals surface area contributed by atoms with E-state index in [0.29, 0.717) is 17.2 Å². The summed E-state index contributed by atoms with van der Waals surface area (Å²) in [6.07, 6.45) is 1.67. The minimum atomic E-state index is -3.54. The summed E-state index contributed by atoms with van der Waals surface area (Å²) in [6.45, 7) is 1.80.